The van der Waals surface area contributed by atoms with Crippen LogP contribution in [0.15, 0.2) is 0 Å². The van der Waals surface area contributed by atoms with Gasteiger partial charge in [-0.25, -0.2) is 4.79 Å². The van der Waals surface area contributed by atoms with E-state index >= 15 is 0 Å². The predicted molar refractivity (Wildman–Crippen MR) is 71.3 cm³/mol. The number of hydrogen-bond donors (Lipinski definition) is 1. The van der Waals surface area contributed by atoms with Crippen LogP contribution in [0.5, 0.6) is 0 Å². The number of ether oxygens (including phenoxy) is 1. The molecule has 0 aliphatic rings. The number of aromatic nitrogens is 2. The number of nitrogen functional groups attached to an aromatic ring is 1. The second-order valence-corrected chi connectivity index (χ2v) is 5.07. The first kappa shape index (κ1) is 15.0. The van der Waals surface area contributed by atoms with Crippen molar-refractivity contribution in [1.82, 2.24) is 9.78 Å². The smallest absolute Gasteiger partial charge is 0.358 e. The van der Waals surface area contributed by atoms with E-state index in [1.165, 1.54) is 4.68 Å². The minimum absolute atomic E-state index is 0.186. The van der Waals surface area contributed by atoms with Gasteiger partial charge in [-0.1, -0.05) is 6.92 Å². The van der Waals surface area contributed by atoms with Crippen molar-refractivity contribution in [2.24, 2.45) is 12.5 Å². The molecule has 0 saturated carbocycles. The van der Waals surface area contributed by atoms with Crippen molar-refractivity contribution < 1.29 is 9.53 Å². The van der Waals surface area contributed by atoms with Gasteiger partial charge >= 0.3 is 5.97 Å². The molecule has 0 amide bonds. The molecule has 2 N–H and O–H groups in total. The number of rotatable bonds is 5. The Labute approximate surface area is 113 Å². The highest BCUT2D eigenvalue weighted by atomic mass is 16.5. The highest BCUT2D eigenvalue weighted by Gasteiger charge is 2.22. The molecular formula is C13H20N4O2. The van der Waals surface area contributed by atoms with Gasteiger partial charge in [0, 0.05) is 7.05 Å². The summed E-state index contributed by atoms with van der Waals surface area (Å²) < 4.78 is 6.59. The molecule has 1 aromatic heterocycles. The highest BCUT2D eigenvalue weighted by Crippen LogP contribution is 2.20. The molecule has 0 aromatic carbocycles. The summed E-state index contributed by atoms with van der Waals surface area (Å²) in [6, 6.07) is 2.16. The molecule has 0 saturated heterocycles. The molecule has 0 radical (unpaired) electrons. The van der Waals surface area contributed by atoms with Crippen molar-refractivity contribution >= 4 is 11.7 Å². The van der Waals surface area contributed by atoms with E-state index in [0.717, 1.165) is 0 Å². The van der Waals surface area contributed by atoms with Crippen LogP contribution in [-0.4, -0.2) is 22.4 Å². The summed E-state index contributed by atoms with van der Waals surface area (Å²) in [6.45, 7) is 5.71. The molecular weight excluding hydrogens is 244 g/mol. The number of carbonyl (C=O) groups is 1. The van der Waals surface area contributed by atoms with E-state index in [0.29, 0.717) is 24.2 Å². The summed E-state index contributed by atoms with van der Waals surface area (Å²) >= 11 is 0. The molecule has 0 unspecified atom stereocenters. The topological polar surface area (TPSA) is 93.9 Å². The molecule has 0 bridgehead atoms. The summed E-state index contributed by atoms with van der Waals surface area (Å²) in [4.78, 5) is 11.9. The van der Waals surface area contributed by atoms with Crippen LogP contribution in [0.2, 0.25) is 0 Å². The molecule has 1 rings (SSSR count). The second-order valence-electron chi connectivity index (χ2n) is 5.07. The van der Waals surface area contributed by atoms with Gasteiger partial charge in [-0.05, 0) is 26.7 Å². The summed E-state index contributed by atoms with van der Waals surface area (Å²) in [6.07, 6.45) is 1.14. The van der Waals surface area contributed by atoms with Crippen molar-refractivity contribution in [3.05, 3.63) is 11.4 Å². The van der Waals surface area contributed by atoms with E-state index < -0.39 is 11.4 Å². The minimum atomic E-state index is -0.507. The number of esters is 1. The number of anilines is 1. The normalized spacial score (nSPS) is 11.1. The van der Waals surface area contributed by atoms with Gasteiger partial charge in [-0.15, -0.1) is 0 Å². The van der Waals surface area contributed by atoms with E-state index in [4.69, 9.17) is 15.7 Å². The van der Waals surface area contributed by atoms with Gasteiger partial charge < -0.3 is 10.5 Å². The zero-order valence-corrected chi connectivity index (χ0v) is 11.9. The van der Waals surface area contributed by atoms with Crippen LogP contribution in [0.4, 0.5) is 5.69 Å². The Bertz CT molecular complexity index is 511. The molecule has 0 spiro atoms. The average Bonchev–Trinajstić information content (AvgIpc) is 2.64. The lowest BCUT2D eigenvalue weighted by Gasteiger charge is -2.14. The third-order valence-corrected chi connectivity index (χ3v) is 2.95. The fraction of sp³-hybridized carbons (Fsp3) is 0.615. The number of carbonyl (C=O) groups excluding carboxylic acids is 1. The quantitative estimate of drug-likeness (QED) is 0.816. The molecule has 6 heteroatoms. The number of aryl methyl sites for hydroxylation is 2. The van der Waals surface area contributed by atoms with E-state index in [2.05, 4.69) is 11.2 Å². The number of hydrogen-bond acceptors (Lipinski definition) is 5. The molecule has 104 valence electrons. The molecule has 6 nitrogen and oxygen atoms in total. The number of nitrogens with two attached hydrogens (primary N) is 1. The van der Waals surface area contributed by atoms with Crippen LogP contribution in [0, 0.1) is 16.7 Å². The van der Waals surface area contributed by atoms with E-state index in [-0.39, 0.29) is 12.3 Å². The van der Waals surface area contributed by atoms with Crippen molar-refractivity contribution in [2.45, 2.75) is 33.6 Å². The minimum Gasteiger partial charge on any atom is -0.461 e. The maximum Gasteiger partial charge on any atom is 0.358 e. The zero-order valence-electron chi connectivity index (χ0n) is 11.9. The maximum absolute atomic E-state index is 11.9. The van der Waals surface area contributed by atoms with Gasteiger partial charge in [0.05, 0.1) is 29.5 Å². The van der Waals surface area contributed by atoms with Crippen LogP contribution in [0.1, 0.15) is 43.4 Å². The Morgan fingerprint density at radius 1 is 1.58 bits per heavy atom. The van der Waals surface area contributed by atoms with Crippen LogP contribution in [-0.2, 0) is 18.2 Å². The van der Waals surface area contributed by atoms with Crippen molar-refractivity contribution in [2.75, 3.05) is 12.3 Å². The van der Waals surface area contributed by atoms with Gasteiger partial charge in [0.2, 0.25) is 0 Å². The van der Waals surface area contributed by atoms with Gasteiger partial charge in [-0.2, -0.15) is 10.4 Å². The molecule has 0 atom stereocenters. The van der Waals surface area contributed by atoms with Crippen molar-refractivity contribution in [3.63, 3.8) is 0 Å². The number of nitrogens with zero attached hydrogens (tertiary/aromatic N) is 3. The first-order valence-corrected chi connectivity index (χ1v) is 6.22. The number of nitriles is 1. The van der Waals surface area contributed by atoms with Gasteiger partial charge in [-0.3, -0.25) is 4.68 Å². The molecule has 0 fully saturated rings. The van der Waals surface area contributed by atoms with Crippen molar-refractivity contribution in [3.8, 4) is 6.07 Å². The first-order valence-electron chi connectivity index (χ1n) is 6.22. The van der Waals surface area contributed by atoms with E-state index in [1.807, 2.05) is 6.92 Å². The average molecular weight is 264 g/mol. The highest BCUT2D eigenvalue weighted by molar-refractivity contribution is 5.93. The Balaban J connectivity index is 2.70. The predicted octanol–water partition coefficient (Wildman–Crippen LogP) is 1.66. The lowest BCUT2D eigenvalue weighted by Crippen LogP contribution is -2.17. The van der Waals surface area contributed by atoms with Crippen LogP contribution >= 0.6 is 0 Å². The summed E-state index contributed by atoms with van der Waals surface area (Å²) in [5, 5.41) is 13.0. The Hall–Kier alpha value is -2.03. The molecule has 1 aromatic rings. The standard InChI is InChI=1S/C13H20N4O2/c1-5-9-10(15)11(17(4)16-9)12(18)19-7-6-13(2,3)8-14/h5-7,15H2,1-4H3. The zero-order chi connectivity index (χ0) is 14.6. The fourth-order valence-corrected chi connectivity index (χ4v) is 1.62. The van der Waals surface area contributed by atoms with E-state index in [1.54, 1.807) is 20.9 Å². The lowest BCUT2D eigenvalue weighted by molar-refractivity contribution is 0.0463. The fourth-order valence-electron chi connectivity index (χ4n) is 1.62. The summed E-state index contributed by atoms with van der Waals surface area (Å²) in [5.74, 6) is -0.499. The third kappa shape index (κ3) is 3.47. The van der Waals surface area contributed by atoms with Crippen LogP contribution < -0.4 is 5.73 Å². The van der Waals surface area contributed by atoms with Crippen LogP contribution in [0.25, 0.3) is 0 Å². The Morgan fingerprint density at radius 2 is 2.21 bits per heavy atom. The molecule has 0 aliphatic heterocycles. The van der Waals surface area contributed by atoms with Gasteiger partial charge in [0.25, 0.3) is 0 Å². The lowest BCUT2D eigenvalue weighted by atomic mass is 9.92. The summed E-state index contributed by atoms with van der Waals surface area (Å²) in [7, 11) is 1.66. The maximum atomic E-state index is 11.9. The molecule has 19 heavy (non-hydrogen) atoms. The van der Waals surface area contributed by atoms with Gasteiger partial charge in [0.1, 0.15) is 0 Å². The second kappa shape index (κ2) is 5.74. The Morgan fingerprint density at radius 3 is 2.68 bits per heavy atom. The monoisotopic (exact) mass is 264 g/mol. The largest absolute Gasteiger partial charge is 0.461 e. The van der Waals surface area contributed by atoms with Crippen LogP contribution in [0.3, 0.4) is 0 Å². The van der Waals surface area contributed by atoms with Crippen molar-refractivity contribution in [1.29, 1.82) is 5.26 Å². The van der Waals surface area contributed by atoms with Gasteiger partial charge in [0.15, 0.2) is 5.69 Å². The summed E-state index contributed by atoms with van der Waals surface area (Å²) in [5.41, 5.74) is 6.68. The molecule has 0 aliphatic carbocycles. The first-order chi connectivity index (χ1) is 8.82. The third-order valence-electron chi connectivity index (χ3n) is 2.95. The molecule has 1 heterocycles. The Kier molecular flexibility index (Phi) is 4.54. The van der Waals surface area contributed by atoms with E-state index in [9.17, 15) is 4.79 Å². The SMILES string of the molecule is CCc1nn(C)c(C(=O)OCCC(C)(C)C#N)c1N.